The Hall–Kier alpha value is -2.57. The van der Waals surface area contributed by atoms with E-state index in [9.17, 15) is 14.7 Å². The number of hydrogen-bond acceptors (Lipinski definition) is 5. The van der Waals surface area contributed by atoms with Crippen LogP contribution in [0.15, 0.2) is 28.7 Å². The summed E-state index contributed by atoms with van der Waals surface area (Å²) >= 11 is 0. The van der Waals surface area contributed by atoms with Crippen LogP contribution in [-0.2, 0) is 9.59 Å². The van der Waals surface area contributed by atoms with Gasteiger partial charge < -0.3 is 19.3 Å². The highest BCUT2D eigenvalue weighted by Crippen LogP contribution is 2.30. The Bertz CT molecular complexity index is 792. The molecule has 2 aromatic rings. The van der Waals surface area contributed by atoms with Gasteiger partial charge in [0.15, 0.2) is 5.58 Å². The molecule has 0 bridgehead atoms. The number of amides is 1. The van der Waals surface area contributed by atoms with E-state index < -0.39 is 11.9 Å². The van der Waals surface area contributed by atoms with Crippen LogP contribution in [0.4, 0.5) is 6.01 Å². The van der Waals surface area contributed by atoms with Gasteiger partial charge in [0, 0.05) is 32.1 Å². The zero-order chi connectivity index (χ0) is 18.3. The highest BCUT2D eigenvalue weighted by Gasteiger charge is 2.39. The van der Waals surface area contributed by atoms with Crippen LogP contribution in [0.25, 0.3) is 11.1 Å². The van der Waals surface area contributed by atoms with Crippen molar-refractivity contribution >= 4 is 29.0 Å². The lowest BCUT2D eigenvalue weighted by Crippen LogP contribution is -2.42. The van der Waals surface area contributed by atoms with Crippen LogP contribution in [0, 0.1) is 17.8 Å². The third-order valence-electron chi connectivity index (χ3n) is 5.64. The van der Waals surface area contributed by atoms with Gasteiger partial charge in [-0.05, 0) is 30.9 Å². The summed E-state index contributed by atoms with van der Waals surface area (Å²) in [5.74, 6) is -1.19. The lowest BCUT2D eigenvalue weighted by atomic mass is 9.95. The van der Waals surface area contributed by atoms with Crippen molar-refractivity contribution in [2.75, 3.05) is 31.1 Å². The van der Waals surface area contributed by atoms with Crippen molar-refractivity contribution in [3.8, 4) is 0 Å². The largest absolute Gasteiger partial charge is 0.481 e. The average molecular weight is 357 g/mol. The molecule has 0 spiro atoms. The molecule has 1 N–H and O–H groups in total. The van der Waals surface area contributed by atoms with Crippen LogP contribution in [0.5, 0.6) is 0 Å². The number of carboxylic acid groups (broad SMARTS) is 1. The first-order chi connectivity index (χ1) is 12.5. The van der Waals surface area contributed by atoms with Gasteiger partial charge in [0.05, 0.1) is 5.92 Å². The SMILES string of the molecule is C[C@@H]1CN(C(=O)C2CCN(c3nc4ccccc4o3)CC2)C[C@H]1C(=O)O. The lowest BCUT2D eigenvalue weighted by Gasteiger charge is -2.32. The molecule has 2 aliphatic rings. The Morgan fingerprint density at radius 3 is 2.58 bits per heavy atom. The first kappa shape index (κ1) is 16.9. The fourth-order valence-corrected chi connectivity index (χ4v) is 4.04. The number of nitrogens with zero attached hydrogens (tertiary/aromatic N) is 3. The zero-order valence-corrected chi connectivity index (χ0v) is 14.8. The summed E-state index contributed by atoms with van der Waals surface area (Å²) in [5, 5.41) is 9.25. The smallest absolute Gasteiger partial charge is 0.308 e. The van der Waals surface area contributed by atoms with Gasteiger partial charge >= 0.3 is 5.97 Å². The summed E-state index contributed by atoms with van der Waals surface area (Å²) in [4.78, 5) is 32.4. The van der Waals surface area contributed by atoms with Gasteiger partial charge in [-0.1, -0.05) is 19.1 Å². The molecule has 0 saturated carbocycles. The maximum Gasteiger partial charge on any atom is 0.308 e. The molecule has 1 aromatic carbocycles. The summed E-state index contributed by atoms with van der Waals surface area (Å²) in [6.07, 6.45) is 1.47. The van der Waals surface area contributed by atoms with Crippen LogP contribution >= 0.6 is 0 Å². The number of hydrogen-bond donors (Lipinski definition) is 1. The number of likely N-dealkylation sites (tertiary alicyclic amines) is 1. The molecule has 7 nitrogen and oxygen atoms in total. The number of aliphatic carboxylic acids is 1. The fourth-order valence-electron chi connectivity index (χ4n) is 4.04. The Morgan fingerprint density at radius 2 is 1.92 bits per heavy atom. The maximum absolute atomic E-state index is 12.8. The van der Waals surface area contributed by atoms with E-state index in [2.05, 4.69) is 9.88 Å². The second-order valence-electron chi connectivity index (χ2n) is 7.39. The van der Waals surface area contributed by atoms with Gasteiger partial charge in [0.1, 0.15) is 5.52 Å². The Balaban J connectivity index is 1.37. The first-order valence-electron chi connectivity index (χ1n) is 9.15. The molecule has 0 aliphatic carbocycles. The molecule has 138 valence electrons. The normalized spacial score (nSPS) is 24.3. The van der Waals surface area contributed by atoms with E-state index in [1.807, 2.05) is 31.2 Å². The molecule has 1 amide bonds. The van der Waals surface area contributed by atoms with E-state index in [0.29, 0.717) is 19.1 Å². The molecule has 2 atom stereocenters. The maximum atomic E-state index is 12.8. The van der Waals surface area contributed by atoms with Crippen molar-refractivity contribution in [1.82, 2.24) is 9.88 Å². The second kappa shape index (κ2) is 6.63. The van der Waals surface area contributed by atoms with Crippen molar-refractivity contribution in [3.05, 3.63) is 24.3 Å². The topological polar surface area (TPSA) is 86.9 Å². The summed E-state index contributed by atoms with van der Waals surface area (Å²) in [6.45, 7) is 4.22. The number of anilines is 1. The molecule has 2 fully saturated rings. The average Bonchev–Trinajstić information content (AvgIpc) is 3.25. The fraction of sp³-hybridized carbons (Fsp3) is 0.526. The van der Waals surface area contributed by atoms with Crippen molar-refractivity contribution in [2.45, 2.75) is 19.8 Å². The molecule has 0 radical (unpaired) electrons. The van der Waals surface area contributed by atoms with Gasteiger partial charge in [0.25, 0.3) is 6.01 Å². The molecule has 26 heavy (non-hydrogen) atoms. The van der Waals surface area contributed by atoms with Crippen molar-refractivity contribution in [3.63, 3.8) is 0 Å². The number of carbonyl (C=O) groups excluding carboxylic acids is 1. The molecule has 2 saturated heterocycles. The number of rotatable bonds is 3. The van der Waals surface area contributed by atoms with E-state index >= 15 is 0 Å². The van der Waals surface area contributed by atoms with Crippen LogP contribution in [-0.4, -0.2) is 53.0 Å². The minimum atomic E-state index is -0.807. The van der Waals surface area contributed by atoms with Crippen molar-refractivity contribution < 1.29 is 19.1 Å². The van der Waals surface area contributed by atoms with E-state index in [1.54, 1.807) is 4.90 Å². The summed E-state index contributed by atoms with van der Waals surface area (Å²) in [6, 6.07) is 8.28. The minimum Gasteiger partial charge on any atom is -0.481 e. The van der Waals surface area contributed by atoms with Gasteiger partial charge in [-0.15, -0.1) is 0 Å². The Labute approximate surface area is 151 Å². The van der Waals surface area contributed by atoms with Crippen LogP contribution < -0.4 is 4.90 Å². The lowest BCUT2D eigenvalue weighted by molar-refractivity contribution is -0.142. The standard InChI is InChI=1S/C19H23N3O4/c1-12-10-22(11-14(12)18(24)25)17(23)13-6-8-21(9-7-13)19-20-15-4-2-3-5-16(15)26-19/h2-5,12-14H,6-11H2,1H3,(H,24,25)/t12-,14-/m1/s1. The van der Waals surface area contributed by atoms with E-state index in [0.717, 1.165) is 37.0 Å². The zero-order valence-electron chi connectivity index (χ0n) is 14.8. The van der Waals surface area contributed by atoms with Crippen LogP contribution in [0.3, 0.4) is 0 Å². The molecule has 4 rings (SSSR count). The number of oxazole rings is 1. The van der Waals surface area contributed by atoms with Crippen LogP contribution in [0.2, 0.25) is 0 Å². The van der Waals surface area contributed by atoms with E-state index in [4.69, 9.17) is 4.42 Å². The number of benzene rings is 1. The summed E-state index contributed by atoms with van der Waals surface area (Å²) in [7, 11) is 0. The summed E-state index contributed by atoms with van der Waals surface area (Å²) in [5.41, 5.74) is 1.61. The minimum absolute atomic E-state index is 0.0105. The number of aromatic nitrogens is 1. The van der Waals surface area contributed by atoms with Gasteiger partial charge in [-0.2, -0.15) is 4.98 Å². The monoisotopic (exact) mass is 357 g/mol. The van der Waals surface area contributed by atoms with Gasteiger partial charge in [-0.3, -0.25) is 9.59 Å². The van der Waals surface area contributed by atoms with Crippen LogP contribution in [0.1, 0.15) is 19.8 Å². The number of piperidine rings is 1. The molecule has 3 heterocycles. The number of carbonyl (C=O) groups is 2. The quantitative estimate of drug-likeness (QED) is 0.906. The van der Waals surface area contributed by atoms with E-state index in [1.165, 1.54) is 0 Å². The molecule has 7 heteroatoms. The predicted molar refractivity (Wildman–Crippen MR) is 95.8 cm³/mol. The highest BCUT2D eigenvalue weighted by molar-refractivity contribution is 5.81. The highest BCUT2D eigenvalue weighted by atomic mass is 16.4. The van der Waals surface area contributed by atoms with E-state index in [-0.39, 0.29) is 17.7 Å². The van der Waals surface area contributed by atoms with Crippen molar-refractivity contribution in [2.24, 2.45) is 17.8 Å². The molecular formula is C19H23N3O4. The first-order valence-corrected chi connectivity index (χ1v) is 9.15. The Morgan fingerprint density at radius 1 is 1.19 bits per heavy atom. The number of carboxylic acids is 1. The molecule has 2 aliphatic heterocycles. The number of fused-ring (bicyclic) bond motifs is 1. The van der Waals surface area contributed by atoms with Gasteiger partial charge in [0.2, 0.25) is 5.91 Å². The molecular weight excluding hydrogens is 334 g/mol. The predicted octanol–water partition coefficient (Wildman–Crippen LogP) is 2.22. The number of para-hydroxylation sites is 2. The third-order valence-corrected chi connectivity index (χ3v) is 5.64. The van der Waals surface area contributed by atoms with Gasteiger partial charge in [-0.25, -0.2) is 0 Å². The molecule has 1 aromatic heterocycles. The molecule has 0 unspecified atom stereocenters. The second-order valence-corrected chi connectivity index (χ2v) is 7.39. The van der Waals surface area contributed by atoms with Crippen molar-refractivity contribution in [1.29, 1.82) is 0 Å². The third kappa shape index (κ3) is 3.02. The Kier molecular flexibility index (Phi) is 4.30. The summed E-state index contributed by atoms with van der Waals surface area (Å²) < 4.78 is 5.81.